The van der Waals surface area contributed by atoms with E-state index < -0.39 is 5.82 Å². The monoisotopic (exact) mass is 250 g/mol. The van der Waals surface area contributed by atoms with Gasteiger partial charge in [-0.3, -0.25) is 0 Å². The van der Waals surface area contributed by atoms with Gasteiger partial charge >= 0.3 is 0 Å². The fourth-order valence-corrected chi connectivity index (χ4v) is 1.58. The van der Waals surface area contributed by atoms with Crippen LogP contribution in [0.15, 0.2) is 18.6 Å². The molecule has 0 amide bonds. The Balaban J connectivity index is 2.23. The first-order valence-corrected chi connectivity index (χ1v) is 5.49. The number of hydrogen-bond donors (Lipinski definition) is 1. The molecule has 2 heterocycles. The summed E-state index contributed by atoms with van der Waals surface area (Å²) in [7, 11) is 5.35. The summed E-state index contributed by atoms with van der Waals surface area (Å²) in [6, 6.07) is 0. The number of nitrogens with zero attached hydrogens (tertiary/aromatic N) is 5. The van der Waals surface area contributed by atoms with E-state index in [4.69, 9.17) is 0 Å². The van der Waals surface area contributed by atoms with Crippen molar-refractivity contribution >= 4 is 11.8 Å². The molecule has 0 saturated heterocycles. The molecule has 0 atom stereocenters. The average molecular weight is 250 g/mol. The van der Waals surface area contributed by atoms with Gasteiger partial charge in [0, 0.05) is 33.5 Å². The first-order chi connectivity index (χ1) is 8.61. The van der Waals surface area contributed by atoms with Crippen LogP contribution in [0.25, 0.3) is 0 Å². The fourth-order valence-electron chi connectivity index (χ4n) is 1.58. The van der Waals surface area contributed by atoms with Crippen LogP contribution in [0, 0.1) is 5.82 Å². The summed E-state index contributed by atoms with van der Waals surface area (Å²) in [5.74, 6) is 1.02. The van der Waals surface area contributed by atoms with E-state index in [2.05, 4.69) is 20.3 Å². The van der Waals surface area contributed by atoms with Gasteiger partial charge in [-0.25, -0.2) is 14.4 Å². The lowest BCUT2D eigenvalue weighted by Gasteiger charge is -2.18. The van der Waals surface area contributed by atoms with Crippen LogP contribution in [-0.2, 0) is 13.6 Å². The van der Waals surface area contributed by atoms with Crippen LogP contribution in [0.2, 0.25) is 0 Å². The third-order valence-corrected chi connectivity index (χ3v) is 2.61. The van der Waals surface area contributed by atoms with Gasteiger partial charge in [0.1, 0.15) is 5.82 Å². The summed E-state index contributed by atoms with van der Waals surface area (Å²) in [6.45, 7) is 0.473. The molecule has 0 radical (unpaired) electrons. The Morgan fingerprint density at radius 1 is 1.44 bits per heavy atom. The third kappa shape index (κ3) is 2.39. The first kappa shape index (κ1) is 12.3. The summed E-state index contributed by atoms with van der Waals surface area (Å²) in [6.07, 6.45) is 4.71. The number of halogens is 1. The SMILES string of the molecule is CNc1ncc(F)c(N(C)Cc2nccn2C)n1. The van der Waals surface area contributed by atoms with E-state index in [1.165, 1.54) is 0 Å². The van der Waals surface area contributed by atoms with Crippen LogP contribution < -0.4 is 10.2 Å². The van der Waals surface area contributed by atoms with Crippen LogP contribution in [0.5, 0.6) is 0 Å². The molecule has 0 aliphatic carbocycles. The van der Waals surface area contributed by atoms with E-state index >= 15 is 0 Å². The maximum absolute atomic E-state index is 13.7. The standard InChI is InChI=1S/C11H15FN6/c1-13-11-15-6-8(12)10(16-11)18(3)7-9-14-4-5-17(9)2/h4-6H,7H2,1-3H3,(H,13,15,16). The number of nitrogens with one attached hydrogen (secondary N) is 1. The molecule has 0 unspecified atom stereocenters. The minimum Gasteiger partial charge on any atom is -0.357 e. The van der Waals surface area contributed by atoms with Crippen molar-refractivity contribution < 1.29 is 4.39 Å². The summed E-state index contributed by atoms with van der Waals surface area (Å²) >= 11 is 0. The summed E-state index contributed by atoms with van der Waals surface area (Å²) in [5.41, 5.74) is 0. The van der Waals surface area contributed by atoms with Crippen LogP contribution in [0.1, 0.15) is 5.82 Å². The maximum atomic E-state index is 13.7. The predicted molar refractivity (Wildman–Crippen MR) is 66.9 cm³/mol. The van der Waals surface area contributed by atoms with Crippen molar-refractivity contribution in [2.24, 2.45) is 7.05 Å². The largest absolute Gasteiger partial charge is 0.357 e. The average Bonchev–Trinajstić information content (AvgIpc) is 2.75. The Morgan fingerprint density at radius 3 is 2.83 bits per heavy atom. The molecule has 2 rings (SSSR count). The molecule has 0 saturated carbocycles. The highest BCUT2D eigenvalue weighted by Gasteiger charge is 2.13. The maximum Gasteiger partial charge on any atom is 0.224 e. The molecule has 6 nitrogen and oxygen atoms in total. The lowest BCUT2D eigenvalue weighted by atomic mass is 10.4. The Labute approximate surface area is 105 Å². The number of imidazole rings is 1. The Morgan fingerprint density at radius 2 is 2.22 bits per heavy atom. The first-order valence-electron chi connectivity index (χ1n) is 5.49. The molecular weight excluding hydrogens is 235 g/mol. The molecule has 1 N–H and O–H groups in total. The van der Waals surface area contributed by atoms with E-state index in [-0.39, 0.29) is 5.82 Å². The molecule has 0 aliphatic heterocycles. The van der Waals surface area contributed by atoms with E-state index in [0.717, 1.165) is 12.0 Å². The van der Waals surface area contributed by atoms with Crippen molar-refractivity contribution in [1.29, 1.82) is 0 Å². The zero-order valence-corrected chi connectivity index (χ0v) is 10.6. The molecule has 7 heteroatoms. The van der Waals surface area contributed by atoms with Crippen LogP contribution in [0.3, 0.4) is 0 Å². The van der Waals surface area contributed by atoms with E-state index in [1.807, 2.05) is 17.8 Å². The second kappa shape index (κ2) is 4.99. The topological polar surface area (TPSA) is 58.9 Å². The highest BCUT2D eigenvalue weighted by atomic mass is 19.1. The molecule has 0 aromatic carbocycles. The second-order valence-corrected chi connectivity index (χ2v) is 3.93. The van der Waals surface area contributed by atoms with E-state index in [9.17, 15) is 4.39 Å². The van der Waals surface area contributed by atoms with Gasteiger partial charge in [0.25, 0.3) is 0 Å². The van der Waals surface area contributed by atoms with Gasteiger partial charge in [0.2, 0.25) is 5.95 Å². The van der Waals surface area contributed by atoms with Gasteiger partial charge in [0.05, 0.1) is 12.7 Å². The smallest absolute Gasteiger partial charge is 0.224 e. The molecule has 2 aromatic heterocycles. The van der Waals surface area contributed by atoms with Gasteiger partial charge < -0.3 is 14.8 Å². The van der Waals surface area contributed by atoms with E-state index in [1.54, 1.807) is 25.2 Å². The highest BCUT2D eigenvalue weighted by Crippen LogP contribution is 2.17. The zero-order chi connectivity index (χ0) is 13.1. The molecule has 0 spiro atoms. The van der Waals surface area contributed by atoms with E-state index in [0.29, 0.717) is 12.5 Å². The van der Waals surface area contributed by atoms with Gasteiger partial charge in [-0.05, 0) is 0 Å². The summed E-state index contributed by atoms with van der Waals surface area (Å²) < 4.78 is 15.5. The van der Waals surface area contributed by atoms with Crippen molar-refractivity contribution in [3.8, 4) is 0 Å². The Hall–Kier alpha value is -2.18. The Kier molecular flexibility index (Phi) is 3.40. The fraction of sp³-hybridized carbons (Fsp3) is 0.364. The molecule has 96 valence electrons. The minimum absolute atomic E-state index is 0.248. The number of hydrogen-bond acceptors (Lipinski definition) is 5. The van der Waals surface area contributed by atoms with Gasteiger partial charge in [-0.2, -0.15) is 4.98 Å². The lowest BCUT2D eigenvalue weighted by molar-refractivity contribution is 0.605. The van der Waals surface area contributed by atoms with Gasteiger partial charge in [-0.15, -0.1) is 0 Å². The number of aryl methyl sites for hydroxylation is 1. The third-order valence-electron chi connectivity index (χ3n) is 2.61. The van der Waals surface area contributed by atoms with Crippen LogP contribution >= 0.6 is 0 Å². The van der Waals surface area contributed by atoms with Crippen molar-refractivity contribution in [3.63, 3.8) is 0 Å². The normalized spacial score (nSPS) is 10.4. The molecule has 0 bridgehead atoms. The predicted octanol–water partition coefficient (Wildman–Crippen LogP) is 1.03. The molecule has 0 aliphatic rings. The Bertz CT molecular complexity index is 538. The van der Waals surface area contributed by atoms with Crippen molar-refractivity contribution in [3.05, 3.63) is 30.2 Å². The number of aromatic nitrogens is 4. The van der Waals surface area contributed by atoms with Crippen molar-refractivity contribution in [2.75, 3.05) is 24.3 Å². The van der Waals surface area contributed by atoms with Crippen molar-refractivity contribution in [2.45, 2.75) is 6.54 Å². The highest BCUT2D eigenvalue weighted by molar-refractivity contribution is 5.43. The van der Waals surface area contributed by atoms with Crippen LogP contribution in [-0.4, -0.2) is 33.6 Å². The second-order valence-electron chi connectivity index (χ2n) is 3.93. The molecule has 0 fully saturated rings. The van der Waals surface area contributed by atoms with Gasteiger partial charge in [0.15, 0.2) is 11.6 Å². The lowest BCUT2D eigenvalue weighted by Crippen LogP contribution is -2.22. The molecular formula is C11H15FN6. The van der Waals surface area contributed by atoms with Crippen LogP contribution in [0.4, 0.5) is 16.2 Å². The summed E-state index contributed by atoms with van der Waals surface area (Å²) in [4.78, 5) is 13.8. The van der Waals surface area contributed by atoms with Crippen molar-refractivity contribution in [1.82, 2.24) is 19.5 Å². The zero-order valence-electron chi connectivity index (χ0n) is 10.6. The van der Waals surface area contributed by atoms with Gasteiger partial charge in [-0.1, -0.05) is 0 Å². The quantitative estimate of drug-likeness (QED) is 0.878. The molecule has 2 aromatic rings. The minimum atomic E-state index is -0.453. The molecule has 18 heavy (non-hydrogen) atoms. The summed E-state index contributed by atoms with van der Waals surface area (Å²) in [5, 5.41) is 2.78. The number of rotatable bonds is 4. The number of anilines is 2.